The Hall–Kier alpha value is -2.83. The van der Waals surface area contributed by atoms with Crippen LogP contribution in [-0.4, -0.2) is 19.6 Å². The Morgan fingerprint density at radius 3 is 2.84 bits per heavy atom. The monoisotopic (exact) mass is 366 g/mol. The van der Waals surface area contributed by atoms with E-state index in [0.717, 1.165) is 11.1 Å². The zero-order valence-corrected chi connectivity index (χ0v) is 14.4. The molecule has 4 aromatic rings. The lowest BCUT2D eigenvalue weighted by Crippen LogP contribution is -2.14. The summed E-state index contributed by atoms with van der Waals surface area (Å²) in [5, 5.41) is 5.67. The molecule has 122 valence electrons. The molecule has 0 aliphatic heterocycles. The number of nitrogens with zero attached hydrogens (tertiary/aromatic N) is 4. The van der Waals surface area contributed by atoms with Crippen LogP contribution >= 0.6 is 22.9 Å². The summed E-state index contributed by atoms with van der Waals surface area (Å²) >= 11 is 7.37. The van der Waals surface area contributed by atoms with Crippen LogP contribution in [0.15, 0.2) is 59.7 Å². The first-order chi connectivity index (χ1) is 12.2. The molecular formula is C18H11ClN4OS. The number of benzene rings is 1. The van der Waals surface area contributed by atoms with Gasteiger partial charge in [0.05, 0.1) is 5.69 Å². The minimum atomic E-state index is -0.222. The molecule has 0 aliphatic rings. The molecule has 4 rings (SSSR count). The van der Waals surface area contributed by atoms with Crippen molar-refractivity contribution in [2.45, 2.75) is 0 Å². The standard InChI is InChI=1S/C18H11ClN4OS/c19-14-5-1-4-13(9-14)17-22-23-16(24)10-15(21-18(23)25-17)7-6-12-3-2-8-20-11-12/h1-11H/b7-6+. The van der Waals surface area contributed by atoms with E-state index in [1.54, 1.807) is 24.5 Å². The number of hydrogen-bond acceptors (Lipinski definition) is 5. The van der Waals surface area contributed by atoms with Gasteiger partial charge >= 0.3 is 0 Å². The molecule has 0 N–H and O–H groups in total. The number of hydrogen-bond donors (Lipinski definition) is 0. The van der Waals surface area contributed by atoms with Gasteiger partial charge in [0.2, 0.25) is 4.96 Å². The van der Waals surface area contributed by atoms with Crippen LogP contribution in [-0.2, 0) is 0 Å². The Balaban J connectivity index is 1.75. The Morgan fingerprint density at radius 2 is 2.04 bits per heavy atom. The predicted molar refractivity (Wildman–Crippen MR) is 101 cm³/mol. The van der Waals surface area contributed by atoms with E-state index >= 15 is 0 Å². The summed E-state index contributed by atoms with van der Waals surface area (Å²) in [4.78, 5) is 21.4. The minimum absolute atomic E-state index is 0.222. The van der Waals surface area contributed by atoms with Crippen LogP contribution in [0.2, 0.25) is 5.02 Å². The highest BCUT2D eigenvalue weighted by atomic mass is 35.5. The molecule has 25 heavy (non-hydrogen) atoms. The van der Waals surface area contributed by atoms with Gasteiger partial charge in [-0.2, -0.15) is 9.61 Å². The lowest BCUT2D eigenvalue weighted by molar-refractivity contribution is 0.901. The van der Waals surface area contributed by atoms with E-state index < -0.39 is 0 Å². The first-order valence-electron chi connectivity index (χ1n) is 7.44. The summed E-state index contributed by atoms with van der Waals surface area (Å²) in [7, 11) is 0. The van der Waals surface area contributed by atoms with Crippen LogP contribution in [0.25, 0.3) is 27.7 Å². The fourth-order valence-electron chi connectivity index (χ4n) is 2.31. The summed E-state index contributed by atoms with van der Waals surface area (Å²) in [6.07, 6.45) is 7.11. The highest BCUT2D eigenvalue weighted by molar-refractivity contribution is 7.19. The zero-order valence-electron chi connectivity index (χ0n) is 12.8. The molecule has 3 heterocycles. The molecule has 0 saturated carbocycles. The van der Waals surface area contributed by atoms with Gasteiger partial charge in [-0.15, -0.1) is 0 Å². The van der Waals surface area contributed by atoms with E-state index in [1.807, 2.05) is 36.4 Å². The molecule has 0 amide bonds. The first kappa shape index (κ1) is 15.7. The minimum Gasteiger partial charge on any atom is -0.267 e. The van der Waals surface area contributed by atoms with Crippen molar-refractivity contribution in [3.05, 3.63) is 81.5 Å². The fraction of sp³-hybridized carbons (Fsp3) is 0. The lowest BCUT2D eigenvalue weighted by atomic mass is 10.2. The molecule has 0 aliphatic carbocycles. The molecule has 0 unspecified atom stereocenters. The topological polar surface area (TPSA) is 60.2 Å². The second-order valence-corrected chi connectivity index (χ2v) is 6.64. The van der Waals surface area contributed by atoms with Crippen molar-refractivity contribution in [1.82, 2.24) is 19.6 Å². The predicted octanol–water partition coefficient (Wildman–Crippen LogP) is 4.04. The Morgan fingerprint density at radius 1 is 1.12 bits per heavy atom. The van der Waals surface area contributed by atoms with Crippen molar-refractivity contribution in [3.8, 4) is 10.6 Å². The van der Waals surface area contributed by atoms with Crippen LogP contribution in [0.1, 0.15) is 11.3 Å². The second-order valence-electron chi connectivity index (χ2n) is 5.25. The maximum Gasteiger partial charge on any atom is 0.275 e. The Bertz CT molecular complexity index is 1130. The summed E-state index contributed by atoms with van der Waals surface area (Å²) in [6.45, 7) is 0. The highest BCUT2D eigenvalue weighted by Crippen LogP contribution is 2.26. The van der Waals surface area contributed by atoms with Gasteiger partial charge in [0.1, 0.15) is 5.01 Å². The number of rotatable bonds is 3. The molecule has 0 fully saturated rings. The van der Waals surface area contributed by atoms with E-state index in [0.29, 0.717) is 20.7 Å². The maximum atomic E-state index is 12.3. The van der Waals surface area contributed by atoms with Gasteiger partial charge in [0.25, 0.3) is 5.56 Å². The van der Waals surface area contributed by atoms with Gasteiger partial charge in [-0.05, 0) is 29.8 Å². The number of aromatic nitrogens is 4. The number of fused-ring (bicyclic) bond motifs is 1. The third-order valence-electron chi connectivity index (χ3n) is 3.47. The normalized spacial score (nSPS) is 11.4. The van der Waals surface area contributed by atoms with Crippen molar-refractivity contribution in [3.63, 3.8) is 0 Å². The summed E-state index contributed by atoms with van der Waals surface area (Å²) in [5.41, 5.74) is 2.15. The molecule has 3 aromatic heterocycles. The van der Waals surface area contributed by atoms with Crippen LogP contribution in [0.5, 0.6) is 0 Å². The van der Waals surface area contributed by atoms with Gasteiger partial charge < -0.3 is 0 Å². The summed E-state index contributed by atoms with van der Waals surface area (Å²) < 4.78 is 1.31. The van der Waals surface area contributed by atoms with Gasteiger partial charge in [-0.25, -0.2) is 4.98 Å². The van der Waals surface area contributed by atoms with Crippen molar-refractivity contribution < 1.29 is 0 Å². The summed E-state index contributed by atoms with van der Waals surface area (Å²) in [5.74, 6) is 0. The van der Waals surface area contributed by atoms with E-state index in [9.17, 15) is 4.79 Å². The lowest BCUT2D eigenvalue weighted by Gasteiger charge is -1.94. The Kier molecular flexibility index (Phi) is 4.13. The van der Waals surface area contributed by atoms with Gasteiger partial charge in [-0.3, -0.25) is 9.78 Å². The molecule has 7 heteroatoms. The van der Waals surface area contributed by atoms with E-state index in [1.165, 1.54) is 21.9 Å². The third-order valence-corrected chi connectivity index (χ3v) is 4.66. The van der Waals surface area contributed by atoms with Gasteiger partial charge in [0, 0.05) is 29.0 Å². The quantitative estimate of drug-likeness (QED) is 0.549. The molecule has 0 atom stereocenters. The summed E-state index contributed by atoms with van der Waals surface area (Å²) in [6, 6.07) is 12.6. The molecule has 1 aromatic carbocycles. The van der Waals surface area contributed by atoms with Crippen molar-refractivity contribution in [2.75, 3.05) is 0 Å². The molecule has 0 spiro atoms. The van der Waals surface area contributed by atoms with Gasteiger partial charge in [0.15, 0.2) is 0 Å². The van der Waals surface area contributed by atoms with Crippen LogP contribution < -0.4 is 5.56 Å². The van der Waals surface area contributed by atoms with Crippen LogP contribution in [0.4, 0.5) is 0 Å². The second kappa shape index (κ2) is 6.58. The first-order valence-corrected chi connectivity index (χ1v) is 8.63. The molecule has 0 bridgehead atoms. The number of halogens is 1. The van der Waals surface area contributed by atoms with Crippen LogP contribution in [0, 0.1) is 0 Å². The molecule has 5 nitrogen and oxygen atoms in total. The Labute approximate surface area is 151 Å². The van der Waals surface area contributed by atoms with Crippen molar-refractivity contribution >= 4 is 40.1 Å². The smallest absolute Gasteiger partial charge is 0.267 e. The molecular weight excluding hydrogens is 356 g/mol. The fourth-order valence-corrected chi connectivity index (χ4v) is 3.41. The van der Waals surface area contributed by atoms with Crippen molar-refractivity contribution in [1.29, 1.82) is 0 Å². The van der Waals surface area contributed by atoms with Crippen molar-refractivity contribution in [2.24, 2.45) is 0 Å². The number of pyridine rings is 1. The molecule has 0 radical (unpaired) electrons. The largest absolute Gasteiger partial charge is 0.275 e. The average molecular weight is 367 g/mol. The van der Waals surface area contributed by atoms with E-state index in [4.69, 9.17) is 11.6 Å². The zero-order chi connectivity index (χ0) is 17.2. The third kappa shape index (κ3) is 3.35. The highest BCUT2D eigenvalue weighted by Gasteiger charge is 2.10. The average Bonchev–Trinajstić information content (AvgIpc) is 3.06. The molecule has 0 saturated heterocycles. The maximum absolute atomic E-state index is 12.3. The van der Waals surface area contributed by atoms with Crippen LogP contribution in [0.3, 0.4) is 0 Å². The van der Waals surface area contributed by atoms with Gasteiger partial charge in [-0.1, -0.05) is 47.2 Å². The SMILES string of the molecule is O=c1cc(/C=C/c2cccnc2)nc2sc(-c3cccc(Cl)c3)nn12. The van der Waals surface area contributed by atoms with E-state index in [-0.39, 0.29) is 5.56 Å². The van der Waals surface area contributed by atoms with E-state index in [2.05, 4.69) is 15.1 Å².